The number of amides is 1. The lowest BCUT2D eigenvalue weighted by Crippen LogP contribution is -2.34. The van der Waals surface area contributed by atoms with E-state index in [9.17, 15) is 4.79 Å². The second-order valence-electron chi connectivity index (χ2n) is 4.20. The van der Waals surface area contributed by atoms with Crippen molar-refractivity contribution < 1.29 is 4.79 Å². The molecule has 0 spiro atoms. The molecule has 96 valence electrons. The summed E-state index contributed by atoms with van der Waals surface area (Å²) in [4.78, 5) is 13.3. The van der Waals surface area contributed by atoms with Gasteiger partial charge in [0.2, 0.25) is 5.91 Å². The Bertz CT molecular complexity index is 399. The fourth-order valence-corrected chi connectivity index (χ4v) is 1.74. The van der Waals surface area contributed by atoms with Crippen LogP contribution in [0.3, 0.4) is 0 Å². The Labute approximate surface area is 102 Å². The van der Waals surface area contributed by atoms with E-state index in [0.29, 0.717) is 25.5 Å². The zero-order valence-electron chi connectivity index (χ0n) is 10.9. The van der Waals surface area contributed by atoms with E-state index in [1.54, 1.807) is 4.68 Å². The van der Waals surface area contributed by atoms with E-state index in [0.717, 1.165) is 11.3 Å². The molecule has 0 aliphatic rings. The first-order valence-electron chi connectivity index (χ1n) is 5.68. The summed E-state index contributed by atoms with van der Waals surface area (Å²) in [7, 11) is 3.71. The van der Waals surface area contributed by atoms with E-state index >= 15 is 0 Å². The Morgan fingerprint density at radius 1 is 1.59 bits per heavy atom. The molecule has 0 aromatic carbocycles. The summed E-state index contributed by atoms with van der Waals surface area (Å²) >= 11 is 0. The topological polar surface area (TPSA) is 76.2 Å². The van der Waals surface area contributed by atoms with E-state index in [2.05, 4.69) is 10.4 Å². The Balaban J connectivity index is 2.62. The average Bonchev–Trinajstić information content (AvgIpc) is 2.45. The van der Waals surface area contributed by atoms with Crippen LogP contribution < -0.4 is 11.1 Å². The number of nitrogen functional groups attached to an aromatic ring is 1. The van der Waals surface area contributed by atoms with Crippen molar-refractivity contribution in [3.63, 3.8) is 0 Å². The molecule has 0 fully saturated rings. The average molecular weight is 239 g/mol. The number of hydrogen-bond donors (Lipinski definition) is 2. The van der Waals surface area contributed by atoms with Crippen molar-refractivity contribution in [1.29, 1.82) is 0 Å². The third kappa shape index (κ3) is 3.45. The zero-order valence-corrected chi connectivity index (χ0v) is 10.9. The number of hydrogen-bond acceptors (Lipinski definition) is 4. The third-order valence-corrected chi connectivity index (χ3v) is 2.61. The molecular weight excluding hydrogens is 218 g/mol. The minimum Gasteiger partial charge on any atom is -0.384 e. The van der Waals surface area contributed by atoms with Crippen molar-refractivity contribution >= 4 is 11.7 Å². The monoisotopic (exact) mass is 239 g/mol. The van der Waals surface area contributed by atoms with Crippen molar-refractivity contribution in [3.05, 3.63) is 11.3 Å². The van der Waals surface area contributed by atoms with Gasteiger partial charge in [-0.2, -0.15) is 5.10 Å². The Kier molecular flexibility index (Phi) is 4.51. The second kappa shape index (κ2) is 5.67. The molecule has 0 atom stereocenters. The number of anilines is 1. The molecule has 1 rings (SSSR count). The van der Waals surface area contributed by atoms with Gasteiger partial charge in [-0.25, -0.2) is 0 Å². The SMILES string of the molecule is CCNC(=O)CN(C)Cc1c(C)nn(C)c1N. The molecule has 1 aromatic heterocycles. The maximum atomic E-state index is 11.4. The van der Waals surface area contributed by atoms with Gasteiger partial charge < -0.3 is 11.1 Å². The number of aryl methyl sites for hydroxylation is 2. The van der Waals surface area contributed by atoms with Gasteiger partial charge in [0.15, 0.2) is 0 Å². The van der Waals surface area contributed by atoms with Crippen molar-refractivity contribution in [3.8, 4) is 0 Å². The highest BCUT2D eigenvalue weighted by molar-refractivity contribution is 5.77. The van der Waals surface area contributed by atoms with Gasteiger partial charge in [-0.15, -0.1) is 0 Å². The molecule has 0 radical (unpaired) electrons. The first kappa shape index (κ1) is 13.5. The Hall–Kier alpha value is -1.56. The molecule has 0 aliphatic carbocycles. The first-order valence-corrected chi connectivity index (χ1v) is 5.68. The van der Waals surface area contributed by atoms with Gasteiger partial charge in [0, 0.05) is 25.7 Å². The van der Waals surface area contributed by atoms with Crippen molar-refractivity contribution in [2.45, 2.75) is 20.4 Å². The molecule has 1 amide bonds. The smallest absolute Gasteiger partial charge is 0.234 e. The molecular formula is C11H21N5O. The molecule has 0 saturated carbocycles. The van der Waals surface area contributed by atoms with Gasteiger partial charge in [0.25, 0.3) is 0 Å². The molecule has 3 N–H and O–H groups in total. The molecule has 1 aromatic rings. The van der Waals surface area contributed by atoms with Gasteiger partial charge in [-0.1, -0.05) is 0 Å². The molecule has 17 heavy (non-hydrogen) atoms. The van der Waals surface area contributed by atoms with Gasteiger partial charge in [0.05, 0.1) is 12.2 Å². The van der Waals surface area contributed by atoms with Crippen LogP contribution in [0.2, 0.25) is 0 Å². The lowest BCUT2D eigenvalue weighted by molar-refractivity contribution is -0.121. The van der Waals surface area contributed by atoms with E-state index in [1.165, 1.54) is 0 Å². The number of nitrogens with zero attached hydrogens (tertiary/aromatic N) is 3. The summed E-state index contributed by atoms with van der Waals surface area (Å²) in [5.41, 5.74) is 7.81. The predicted octanol–water partition coefficient (Wildman–Crippen LogP) is -0.121. The Morgan fingerprint density at radius 2 is 2.24 bits per heavy atom. The standard InChI is InChI=1S/C11H21N5O/c1-5-13-10(17)7-15(3)6-9-8(2)14-16(4)11(9)12/h5-7,12H2,1-4H3,(H,13,17). The van der Waals surface area contributed by atoms with Crippen LogP contribution in [0.5, 0.6) is 0 Å². The summed E-state index contributed by atoms with van der Waals surface area (Å²) in [5, 5.41) is 7.01. The number of nitrogens with two attached hydrogens (primary N) is 1. The lowest BCUT2D eigenvalue weighted by atomic mass is 10.2. The fourth-order valence-electron chi connectivity index (χ4n) is 1.74. The van der Waals surface area contributed by atoms with Crippen LogP contribution in [0.1, 0.15) is 18.2 Å². The van der Waals surface area contributed by atoms with Gasteiger partial charge >= 0.3 is 0 Å². The number of aromatic nitrogens is 2. The maximum Gasteiger partial charge on any atom is 0.234 e. The van der Waals surface area contributed by atoms with E-state index in [-0.39, 0.29) is 5.91 Å². The first-order chi connectivity index (χ1) is 7.95. The second-order valence-corrected chi connectivity index (χ2v) is 4.20. The van der Waals surface area contributed by atoms with Crippen LogP contribution in [-0.4, -0.2) is 40.7 Å². The highest BCUT2D eigenvalue weighted by Crippen LogP contribution is 2.16. The van der Waals surface area contributed by atoms with Crippen LogP contribution >= 0.6 is 0 Å². The van der Waals surface area contributed by atoms with E-state index < -0.39 is 0 Å². The summed E-state index contributed by atoms with van der Waals surface area (Å²) in [6.45, 7) is 5.47. The number of likely N-dealkylation sites (N-methyl/N-ethyl adjacent to an activating group) is 2. The normalized spacial score (nSPS) is 10.9. The molecule has 0 aliphatic heterocycles. The number of rotatable bonds is 5. The highest BCUT2D eigenvalue weighted by atomic mass is 16.1. The molecule has 6 heteroatoms. The number of carbonyl (C=O) groups is 1. The molecule has 0 bridgehead atoms. The summed E-state index contributed by atoms with van der Waals surface area (Å²) < 4.78 is 1.66. The van der Waals surface area contributed by atoms with Crippen LogP contribution in [-0.2, 0) is 18.4 Å². The molecule has 6 nitrogen and oxygen atoms in total. The van der Waals surface area contributed by atoms with Crippen LogP contribution in [0.25, 0.3) is 0 Å². The van der Waals surface area contributed by atoms with Crippen molar-refractivity contribution in [2.75, 3.05) is 25.9 Å². The predicted molar refractivity (Wildman–Crippen MR) is 67.4 cm³/mol. The van der Waals surface area contributed by atoms with Crippen LogP contribution in [0.4, 0.5) is 5.82 Å². The van der Waals surface area contributed by atoms with Crippen LogP contribution in [0, 0.1) is 6.92 Å². The molecule has 0 unspecified atom stereocenters. The summed E-state index contributed by atoms with van der Waals surface area (Å²) in [6.07, 6.45) is 0. The van der Waals surface area contributed by atoms with Crippen LogP contribution in [0.15, 0.2) is 0 Å². The number of nitrogens with one attached hydrogen (secondary N) is 1. The van der Waals surface area contributed by atoms with Crippen molar-refractivity contribution in [2.24, 2.45) is 7.05 Å². The quantitative estimate of drug-likeness (QED) is 0.751. The van der Waals surface area contributed by atoms with E-state index in [4.69, 9.17) is 5.73 Å². The van der Waals surface area contributed by atoms with Gasteiger partial charge in [-0.3, -0.25) is 14.4 Å². The maximum absolute atomic E-state index is 11.4. The summed E-state index contributed by atoms with van der Waals surface area (Å²) in [5.74, 6) is 0.681. The molecule has 1 heterocycles. The van der Waals surface area contributed by atoms with Crippen molar-refractivity contribution in [1.82, 2.24) is 20.0 Å². The highest BCUT2D eigenvalue weighted by Gasteiger charge is 2.13. The minimum atomic E-state index is 0.0233. The third-order valence-electron chi connectivity index (χ3n) is 2.61. The fraction of sp³-hybridized carbons (Fsp3) is 0.636. The minimum absolute atomic E-state index is 0.0233. The Morgan fingerprint density at radius 3 is 2.71 bits per heavy atom. The van der Waals surface area contributed by atoms with Gasteiger partial charge in [-0.05, 0) is 20.9 Å². The zero-order chi connectivity index (χ0) is 13.0. The van der Waals surface area contributed by atoms with E-state index in [1.807, 2.05) is 32.8 Å². The lowest BCUT2D eigenvalue weighted by Gasteiger charge is -2.16. The van der Waals surface area contributed by atoms with Gasteiger partial charge in [0.1, 0.15) is 5.82 Å². The number of carbonyl (C=O) groups excluding carboxylic acids is 1. The summed E-state index contributed by atoms with van der Waals surface area (Å²) in [6, 6.07) is 0. The largest absolute Gasteiger partial charge is 0.384 e. The molecule has 0 saturated heterocycles.